The van der Waals surface area contributed by atoms with Crippen LogP contribution in [0, 0.1) is 17.9 Å². The first kappa shape index (κ1) is 22.0. The Labute approximate surface area is 192 Å². The zero-order valence-corrected chi connectivity index (χ0v) is 19.7. The van der Waals surface area contributed by atoms with Crippen molar-refractivity contribution in [3.63, 3.8) is 0 Å². The van der Waals surface area contributed by atoms with Gasteiger partial charge >= 0.3 is 0 Å². The van der Waals surface area contributed by atoms with E-state index in [0.29, 0.717) is 17.8 Å². The van der Waals surface area contributed by atoms with E-state index in [4.69, 9.17) is 11.3 Å². The second-order valence-corrected chi connectivity index (χ2v) is 10.2. The molecule has 4 nitrogen and oxygen atoms in total. The van der Waals surface area contributed by atoms with Crippen LogP contribution in [0.25, 0.3) is 10.9 Å². The third-order valence-corrected chi connectivity index (χ3v) is 7.06. The molecule has 0 fully saturated rings. The maximum Gasteiger partial charge on any atom is 0.269 e. The molecule has 3 aliphatic rings. The molecule has 4 heteroatoms. The first-order valence-electron chi connectivity index (χ1n) is 11.4. The van der Waals surface area contributed by atoms with Gasteiger partial charge in [0.05, 0.1) is 12.6 Å². The Bertz CT molecular complexity index is 1110. The Hall–Kier alpha value is -3.24. The highest BCUT2D eigenvalue weighted by Gasteiger charge is 2.39. The number of nitrogens with zero attached hydrogens (tertiary/aromatic N) is 3. The molecule has 3 heterocycles. The van der Waals surface area contributed by atoms with Crippen LogP contribution in [0.3, 0.4) is 0 Å². The van der Waals surface area contributed by atoms with Gasteiger partial charge in [-0.15, -0.1) is 0 Å². The van der Waals surface area contributed by atoms with Crippen molar-refractivity contribution in [1.82, 2.24) is 0 Å². The van der Waals surface area contributed by atoms with Crippen LogP contribution in [0.5, 0.6) is 0 Å². The molecule has 0 atom stereocenters. The van der Waals surface area contributed by atoms with E-state index in [-0.39, 0.29) is 16.5 Å². The standard InChI is InChI=1S/C28H31N3O/c1-7-21-16-20(25(18-29)30-6)17-22(32-21)9-8-19-14-23-26-24(15-19)28(4,5)11-13-31(26)12-10-27(23,2)3/h8-9,14-17H,7,10-13H2,1-5H3/b9-8+,25-20-. The van der Waals surface area contributed by atoms with E-state index in [1.54, 1.807) is 12.2 Å². The molecule has 0 aromatic heterocycles. The highest BCUT2D eigenvalue weighted by Crippen LogP contribution is 2.49. The summed E-state index contributed by atoms with van der Waals surface area (Å²) in [6.45, 7) is 20.9. The average molecular weight is 426 g/mol. The van der Waals surface area contributed by atoms with Crippen LogP contribution in [0.4, 0.5) is 5.69 Å². The van der Waals surface area contributed by atoms with Crippen LogP contribution in [0.2, 0.25) is 0 Å². The minimum atomic E-state index is 0.0898. The van der Waals surface area contributed by atoms with Crippen LogP contribution in [0.15, 0.2) is 53.1 Å². The molecule has 164 valence electrons. The lowest BCUT2D eigenvalue weighted by Crippen LogP contribution is -2.44. The molecule has 4 rings (SSSR count). The number of rotatable bonds is 3. The quantitative estimate of drug-likeness (QED) is 0.396. The number of ether oxygens (including phenoxy) is 1. The Balaban J connectivity index is 1.77. The summed E-state index contributed by atoms with van der Waals surface area (Å²) in [7, 11) is 0. The van der Waals surface area contributed by atoms with E-state index >= 15 is 0 Å². The van der Waals surface area contributed by atoms with Crippen molar-refractivity contribution in [3.8, 4) is 6.07 Å². The zero-order chi connectivity index (χ0) is 23.1. The molecule has 0 radical (unpaired) electrons. The summed E-state index contributed by atoms with van der Waals surface area (Å²) >= 11 is 0. The molecule has 0 N–H and O–H groups in total. The highest BCUT2D eigenvalue weighted by atomic mass is 16.5. The monoisotopic (exact) mass is 425 g/mol. The minimum Gasteiger partial charge on any atom is -0.462 e. The summed E-state index contributed by atoms with van der Waals surface area (Å²) in [5.41, 5.74) is 6.46. The van der Waals surface area contributed by atoms with E-state index in [2.05, 4.69) is 55.6 Å². The van der Waals surface area contributed by atoms with Crippen molar-refractivity contribution in [2.24, 2.45) is 0 Å². The fraction of sp³-hybridized carbons (Fsp3) is 0.429. The van der Waals surface area contributed by atoms with Gasteiger partial charge in [-0.3, -0.25) is 0 Å². The first-order valence-corrected chi connectivity index (χ1v) is 11.4. The predicted octanol–water partition coefficient (Wildman–Crippen LogP) is 6.77. The van der Waals surface area contributed by atoms with Crippen LogP contribution < -0.4 is 4.90 Å². The lowest BCUT2D eigenvalue weighted by molar-refractivity contribution is 0.304. The van der Waals surface area contributed by atoms with Gasteiger partial charge in [0.25, 0.3) is 5.70 Å². The molecule has 1 aromatic carbocycles. The number of nitriles is 1. The van der Waals surface area contributed by atoms with E-state index in [1.807, 2.05) is 19.1 Å². The molecule has 0 saturated carbocycles. The minimum absolute atomic E-state index is 0.0898. The summed E-state index contributed by atoms with van der Waals surface area (Å²) < 4.78 is 5.99. The van der Waals surface area contributed by atoms with E-state index in [1.165, 1.54) is 16.8 Å². The second-order valence-electron chi connectivity index (χ2n) is 10.2. The fourth-order valence-corrected chi connectivity index (χ4v) is 4.86. The zero-order valence-electron chi connectivity index (χ0n) is 19.7. The van der Waals surface area contributed by atoms with E-state index in [9.17, 15) is 5.26 Å². The summed E-state index contributed by atoms with van der Waals surface area (Å²) in [6.07, 6.45) is 10.6. The number of benzene rings is 1. The Morgan fingerprint density at radius 2 is 1.75 bits per heavy atom. The van der Waals surface area contributed by atoms with Gasteiger partial charge in [0.15, 0.2) is 0 Å². The van der Waals surface area contributed by atoms with Gasteiger partial charge < -0.3 is 9.64 Å². The number of hydrogen-bond acceptors (Lipinski definition) is 3. The topological polar surface area (TPSA) is 40.6 Å². The van der Waals surface area contributed by atoms with Crippen molar-refractivity contribution in [1.29, 1.82) is 5.26 Å². The van der Waals surface area contributed by atoms with Gasteiger partial charge in [0.1, 0.15) is 11.5 Å². The van der Waals surface area contributed by atoms with Crippen LogP contribution in [-0.2, 0) is 15.6 Å². The lowest BCUT2D eigenvalue weighted by Gasteiger charge is -2.48. The predicted molar refractivity (Wildman–Crippen MR) is 130 cm³/mol. The van der Waals surface area contributed by atoms with Crippen molar-refractivity contribution >= 4 is 11.8 Å². The normalized spacial score (nSPS) is 22.2. The maximum atomic E-state index is 9.28. The Morgan fingerprint density at radius 3 is 2.28 bits per heavy atom. The average Bonchev–Trinajstić information content (AvgIpc) is 2.77. The number of hydrogen-bond donors (Lipinski definition) is 0. The largest absolute Gasteiger partial charge is 0.462 e. The van der Waals surface area contributed by atoms with Crippen LogP contribution in [0.1, 0.15) is 70.6 Å². The summed E-state index contributed by atoms with van der Waals surface area (Å²) in [5.74, 6) is 1.42. The van der Waals surface area contributed by atoms with Gasteiger partial charge in [-0.05, 0) is 76.3 Å². The van der Waals surface area contributed by atoms with Crippen LogP contribution >= 0.6 is 0 Å². The van der Waals surface area contributed by atoms with E-state index < -0.39 is 0 Å². The van der Waals surface area contributed by atoms with Gasteiger partial charge in [0.2, 0.25) is 0 Å². The van der Waals surface area contributed by atoms with Gasteiger partial charge in [0, 0.05) is 25.2 Å². The van der Waals surface area contributed by atoms with Crippen molar-refractivity contribution in [3.05, 3.63) is 81.3 Å². The second kappa shape index (κ2) is 8.03. The molecule has 0 bridgehead atoms. The summed E-state index contributed by atoms with van der Waals surface area (Å²) in [4.78, 5) is 5.94. The molecule has 0 amide bonds. The lowest BCUT2D eigenvalue weighted by atomic mass is 9.69. The van der Waals surface area contributed by atoms with E-state index in [0.717, 1.165) is 37.3 Å². The molecular weight excluding hydrogens is 394 g/mol. The third kappa shape index (κ3) is 3.87. The molecule has 3 aliphatic heterocycles. The van der Waals surface area contributed by atoms with Crippen molar-refractivity contribution in [2.45, 2.75) is 64.7 Å². The number of allylic oxidation sites excluding steroid dienone is 6. The Kier molecular flexibility index (Phi) is 5.51. The van der Waals surface area contributed by atoms with Crippen molar-refractivity contribution < 1.29 is 4.74 Å². The smallest absolute Gasteiger partial charge is 0.269 e. The molecule has 0 aliphatic carbocycles. The third-order valence-electron chi connectivity index (χ3n) is 7.06. The molecule has 32 heavy (non-hydrogen) atoms. The summed E-state index contributed by atoms with van der Waals surface area (Å²) in [5, 5.41) is 9.28. The molecule has 0 spiro atoms. The highest BCUT2D eigenvalue weighted by molar-refractivity contribution is 5.72. The van der Waals surface area contributed by atoms with Crippen LogP contribution in [-0.4, -0.2) is 13.1 Å². The van der Waals surface area contributed by atoms with Gasteiger partial charge in [-0.25, -0.2) is 10.1 Å². The molecule has 0 saturated heterocycles. The van der Waals surface area contributed by atoms with Gasteiger partial charge in [-0.1, -0.05) is 40.7 Å². The number of anilines is 1. The molecule has 0 unspecified atom stereocenters. The maximum absolute atomic E-state index is 9.28. The molecule has 1 aromatic rings. The SMILES string of the molecule is [C-]#[N+]/C(C#N)=C1C=C(/C=C/c2cc3c4c(c2)C(C)(C)CCN4CCC3(C)C)OC(CC)=C\1. The first-order chi connectivity index (χ1) is 15.2. The Morgan fingerprint density at radius 1 is 1.12 bits per heavy atom. The van der Waals surface area contributed by atoms with Gasteiger partial charge in [-0.2, -0.15) is 0 Å². The summed E-state index contributed by atoms with van der Waals surface area (Å²) in [6, 6.07) is 6.66. The molecular formula is C28H31N3O. The van der Waals surface area contributed by atoms with Crippen molar-refractivity contribution in [2.75, 3.05) is 18.0 Å². The fourth-order valence-electron chi connectivity index (χ4n) is 4.86.